The van der Waals surface area contributed by atoms with Crippen molar-refractivity contribution < 1.29 is 9.90 Å². The molecule has 0 radical (unpaired) electrons. The number of benzene rings is 1. The SMILES string of the molecule is C[C@@H](CO)NC(=O)c1cc(-c2ccc(Cl)cc2)nn(-c2cccnc2)c1=O. The molecule has 1 atom stereocenters. The minimum absolute atomic E-state index is 0.0842. The van der Waals surface area contributed by atoms with Crippen LogP contribution in [0.1, 0.15) is 17.3 Å². The lowest BCUT2D eigenvalue weighted by Gasteiger charge is -2.13. The van der Waals surface area contributed by atoms with E-state index in [-0.39, 0.29) is 12.2 Å². The fraction of sp³-hybridized carbons (Fsp3) is 0.158. The second-order valence-electron chi connectivity index (χ2n) is 5.94. The van der Waals surface area contributed by atoms with Gasteiger partial charge in [-0.05, 0) is 37.3 Å². The molecular formula is C19H17ClN4O3. The van der Waals surface area contributed by atoms with Crippen LogP contribution in [0.5, 0.6) is 0 Å². The van der Waals surface area contributed by atoms with Crippen LogP contribution < -0.4 is 10.9 Å². The lowest BCUT2D eigenvalue weighted by molar-refractivity contribution is 0.0920. The molecule has 27 heavy (non-hydrogen) atoms. The maximum Gasteiger partial charge on any atom is 0.284 e. The molecule has 0 unspecified atom stereocenters. The summed E-state index contributed by atoms with van der Waals surface area (Å²) in [5.41, 5.74) is 0.892. The fourth-order valence-electron chi connectivity index (χ4n) is 2.42. The van der Waals surface area contributed by atoms with Gasteiger partial charge in [0.15, 0.2) is 0 Å². The van der Waals surface area contributed by atoms with E-state index >= 15 is 0 Å². The minimum atomic E-state index is -0.586. The van der Waals surface area contributed by atoms with Crippen molar-refractivity contribution in [3.8, 4) is 16.9 Å². The van der Waals surface area contributed by atoms with Crippen LogP contribution in [0.2, 0.25) is 5.02 Å². The first-order valence-electron chi connectivity index (χ1n) is 8.22. The Morgan fingerprint density at radius 2 is 2.04 bits per heavy atom. The smallest absolute Gasteiger partial charge is 0.284 e. The highest BCUT2D eigenvalue weighted by Gasteiger charge is 2.18. The zero-order valence-electron chi connectivity index (χ0n) is 14.5. The Bertz CT molecular complexity index is 1000. The van der Waals surface area contributed by atoms with Gasteiger partial charge in [0, 0.05) is 22.8 Å². The molecule has 2 N–H and O–H groups in total. The molecule has 0 spiro atoms. The van der Waals surface area contributed by atoms with Crippen LogP contribution >= 0.6 is 11.6 Å². The topological polar surface area (TPSA) is 97.1 Å². The molecule has 1 aromatic carbocycles. The van der Waals surface area contributed by atoms with Gasteiger partial charge in [-0.2, -0.15) is 9.78 Å². The second kappa shape index (κ2) is 8.11. The van der Waals surface area contributed by atoms with Crippen LogP contribution in [-0.4, -0.2) is 38.4 Å². The standard InChI is InChI=1S/C19H17ClN4O3/c1-12(11-25)22-18(26)16-9-17(13-4-6-14(20)7-5-13)23-24(19(16)27)15-3-2-8-21-10-15/h2-10,12,25H,11H2,1H3,(H,22,26)/t12-/m0/s1. The van der Waals surface area contributed by atoms with Gasteiger partial charge in [0.25, 0.3) is 11.5 Å². The van der Waals surface area contributed by atoms with Crippen molar-refractivity contribution in [1.29, 1.82) is 0 Å². The van der Waals surface area contributed by atoms with Crippen molar-refractivity contribution >= 4 is 17.5 Å². The molecule has 0 aliphatic rings. The monoisotopic (exact) mass is 384 g/mol. The Morgan fingerprint density at radius 3 is 2.67 bits per heavy atom. The first-order valence-corrected chi connectivity index (χ1v) is 8.60. The highest BCUT2D eigenvalue weighted by atomic mass is 35.5. The van der Waals surface area contributed by atoms with Crippen LogP contribution in [0.3, 0.4) is 0 Å². The predicted molar refractivity (Wildman–Crippen MR) is 102 cm³/mol. The summed E-state index contributed by atoms with van der Waals surface area (Å²) in [5.74, 6) is -0.586. The van der Waals surface area contributed by atoms with Crippen molar-refractivity contribution in [1.82, 2.24) is 20.1 Å². The van der Waals surface area contributed by atoms with Crippen LogP contribution in [0, 0.1) is 0 Å². The molecule has 2 heterocycles. The van der Waals surface area contributed by atoms with Gasteiger partial charge in [0.1, 0.15) is 5.56 Å². The van der Waals surface area contributed by atoms with Crippen molar-refractivity contribution in [3.63, 3.8) is 0 Å². The first-order chi connectivity index (χ1) is 13.0. The average Bonchev–Trinajstić information content (AvgIpc) is 2.69. The number of aromatic nitrogens is 3. The van der Waals surface area contributed by atoms with E-state index in [1.807, 2.05) is 0 Å². The summed E-state index contributed by atoms with van der Waals surface area (Å²) in [6.07, 6.45) is 3.06. The number of pyridine rings is 1. The summed E-state index contributed by atoms with van der Waals surface area (Å²) in [5, 5.41) is 16.7. The van der Waals surface area contributed by atoms with Gasteiger partial charge in [-0.25, -0.2) is 0 Å². The number of nitrogens with zero attached hydrogens (tertiary/aromatic N) is 3. The number of rotatable bonds is 5. The molecule has 0 saturated heterocycles. The van der Waals surface area contributed by atoms with E-state index in [0.717, 1.165) is 4.68 Å². The van der Waals surface area contributed by atoms with Gasteiger partial charge in [-0.1, -0.05) is 23.7 Å². The highest BCUT2D eigenvalue weighted by Crippen LogP contribution is 2.20. The molecule has 0 fully saturated rings. The number of halogens is 1. The molecular weight excluding hydrogens is 368 g/mol. The molecule has 1 amide bonds. The molecule has 0 saturated carbocycles. The quantitative estimate of drug-likeness (QED) is 0.701. The highest BCUT2D eigenvalue weighted by molar-refractivity contribution is 6.30. The summed E-state index contributed by atoms with van der Waals surface area (Å²) in [6.45, 7) is 1.40. The number of amides is 1. The number of carbonyl (C=O) groups is 1. The Hall–Kier alpha value is -3.03. The molecule has 2 aromatic heterocycles. The summed E-state index contributed by atoms with van der Waals surface area (Å²) >= 11 is 5.93. The van der Waals surface area contributed by atoms with Crippen molar-refractivity contribution in [3.05, 3.63) is 75.8 Å². The Labute approximate surface area is 160 Å². The van der Waals surface area contributed by atoms with E-state index in [4.69, 9.17) is 16.7 Å². The Morgan fingerprint density at radius 1 is 1.30 bits per heavy atom. The molecule has 0 aliphatic carbocycles. The van der Waals surface area contributed by atoms with Crippen LogP contribution in [0.15, 0.2) is 59.7 Å². The third-order valence-corrected chi connectivity index (χ3v) is 4.09. The van der Waals surface area contributed by atoms with Crippen molar-refractivity contribution in [2.45, 2.75) is 13.0 Å². The molecule has 0 bridgehead atoms. The van der Waals surface area contributed by atoms with Gasteiger partial charge in [0.05, 0.1) is 24.2 Å². The van der Waals surface area contributed by atoms with E-state index < -0.39 is 17.5 Å². The average molecular weight is 385 g/mol. The van der Waals surface area contributed by atoms with Gasteiger partial charge in [-0.15, -0.1) is 0 Å². The Kier molecular flexibility index (Phi) is 5.63. The second-order valence-corrected chi connectivity index (χ2v) is 6.37. The molecule has 3 aromatic rings. The summed E-state index contributed by atoms with van der Waals surface area (Å²) in [6, 6.07) is 11.2. The van der Waals surface area contributed by atoms with Gasteiger partial charge >= 0.3 is 0 Å². The molecule has 8 heteroatoms. The summed E-state index contributed by atoms with van der Waals surface area (Å²) < 4.78 is 1.13. The molecule has 0 aliphatic heterocycles. The van der Waals surface area contributed by atoms with E-state index in [0.29, 0.717) is 22.0 Å². The van der Waals surface area contributed by atoms with Crippen LogP contribution in [0.25, 0.3) is 16.9 Å². The van der Waals surface area contributed by atoms with Gasteiger partial charge in [0.2, 0.25) is 0 Å². The largest absolute Gasteiger partial charge is 0.394 e. The number of hydrogen-bond acceptors (Lipinski definition) is 5. The van der Waals surface area contributed by atoms with Gasteiger partial charge < -0.3 is 10.4 Å². The number of nitrogens with one attached hydrogen (secondary N) is 1. The number of aliphatic hydroxyl groups is 1. The lowest BCUT2D eigenvalue weighted by Crippen LogP contribution is -2.39. The van der Waals surface area contributed by atoms with Crippen molar-refractivity contribution in [2.24, 2.45) is 0 Å². The third kappa shape index (κ3) is 4.21. The van der Waals surface area contributed by atoms with Crippen molar-refractivity contribution in [2.75, 3.05) is 6.61 Å². The zero-order chi connectivity index (χ0) is 19.4. The van der Waals surface area contributed by atoms with Crippen LogP contribution in [-0.2, 0) is 0 Å². The number of aliphatic hydroxyl groups excluding tert-OH is 1. The molecule has 3 rings (SSSR count). The normalized spacial score (nSPS) is 11.8. The van der Waals surface area contributed by atoms with Gasteiger partial charge in [-0.3, -0.25) is 14.6 Å². The third-order valence-electron chi connectivity index (χ3n) is 3.84. The molecule has 7 nitrogen and oxygen atoms in total. The summed E-state index contributed by atoms with van der Waals surface area (Å²) in [7, 11) is 0. The lowest BCUT2D eigenvalue weighted by atomic mass is 10.1. The van der Waals surface area contributed by atoms with E-state index in [1.165, 1.54) is 12.3 Å². The maximum absolute atomic E-state index is 12.8. The maximum atomic E-state index is 12.8. The molecule has 138 valence electrons. The van der Waals surface area contributed by atoms with E-state index in [9.17, 15) is 9.59 Å². The minimum Gasteiger partial charge on any atom is -0.394 e. The number of carbonyl (C=O) groups excluding carboxylic acids is 1. The fourth-order valence-corrected chi connectivity index (χ4v) is 2.55. The number of hydrogen-bond donors (Lipinski definition) is 2. The van der Waals surface area contributed by atoms with E-state index in [1.54, 1.807) is 49.5 Å². The predicted octanol–water partition coefficient (Wildman–Crippen LogP) is 2.06. The zero-order valence-corrected chi connectivity index (χ0v) is 15.2. The first kappa shape index (κ1) is 18.8. The Balaban J connectivity index is 2.17. The summed E-state index contributed by atoms with van der Waals surface area (Å²) in [4.78, 5) is 29.4. The van der Waals surface area contributed by atoms with E-state index in [2.05, 4.69) is 15.4 Å². The van der Waals surface area contributed by atoms with Crippen LogP contribution in [0.4, 0.5) is 0 Å².